The number of nitrogens with zero attached hydrogens (tertiary/aromatic N) is 3. The second-order valence-corrected chi connectivity index (χ2v) is 7.69. The lowest BCUT2D eigenvalue weighted by molar-refractivity contribution is 0.130. The second kappa shape index (κ2) is 12.8. The van der Waals surface area contributed by atoms with Gasteiger partial charge < -0.3 is 15.8 Å². The summed E-state index contributed by atoms with van der Waals surface area (Å²) in [6.07, 6.45) is 0.167. The Balaban J connectivity index is 0.00000320. The number of hydrogen-bond acceptors (Lipinski definition) is 4. The van der Waals surface area contributed by atoms with Gasteiger partial charge in [-0.25, -0.2) is 0 Å². The van der Waals surface area contributed by atoms with E-state index in [0.29, 0.717) is 12.5 Å². The Morgan fingerprint density at radius 3 is 2.27 bits per heavy atom. The van der Waals surface area contributed by atoms with Gasteiger partial charge in [-0.2, -0.15) is 0 Å². The Morgan fingerprint density at radius 2 is 1.63 bits per heavy atom. The first-order chi connectivity index (χ1) is 14.1. The average molecular weight is 523 g/mol. The van der Waals surface area contributed by atoms with E-state index in [9.17, 15) is 0 Å². The highest BCUT2D eigenvalue weighted by Gasteiger charge is 2.16. The largest absolute Gasteiger partial charge is 0.491 e. The third-order valence-electron chi connectivity index (χ3n) is 4.91. The number of anilines is 1. The van der Waals surface area contributed by atoms with E-state index in [4.69, 9.17) is 10.5 Å². The molecule has 6 nitrogen and oxygen atoms in total. The third kappa shape index (κ3) is 8.49. The number of aliphatic imine (C=N–C) groups is 1. The van der Waals surface area contributed by atoms with Gasteiger partial charge in [0.2, 0.25) is 0 Å². The molecule has 0 atom stereocenters. The normalized spacial score (nSPS) is 15.6. The molecule has 2 aromatic carbocycles. The smallest absolute Gasteiger partial charge is 0.193 e. The molecular formula is C23H34IN5O. The maximum Gasteiger partial charge on any atom is 0.193 e. The Labute approximate surface area is 197 Å². The van der Waals surface area contributed by atoms with Crippen molar-refractivity contribution in [2.24, 2.45) is 10.7 Å². The van der Waals surface area contributed by atoms with Crippen LogP contribution in [0.4, 0.5) is 5.69 Å². The number of piperazine rings is 1. The molecule has 0 aliphatic carbocycles. The zero-order valence-electron chi connectivity index (χ0n) is 18.0. The molecule has 1 saturated heterocycles. The first-order valence-corrected chi connectivity index (χ1v) is 10.4. The van der Waals surface area contributed by atoms with Crippen LogP contribution < -0.4 is 15.8 Å². The van der Waals surface area contributed by atoms with Crippen molar-refractivity contribution in [3.05, 3.63) is 60.2 Å². The zero-order valence-corrected chi connectivity index (χ0v) is 20.3. The first kappa shape index (κ1) is 24.4. The van der Waals surface area contributed by atoms with Crippen molar-refractivity contribution >= 4 is 35.6 Å². The summed E-state index contributed by atoms with van der Waals surface area (Å²) in [5.41, 5.74) is 8.33. The fourth-order valence-electron chi connectivity index (χ4n) is 3.40. The molecule has 3 N–H and O–H groups in total. The number of halogens is 1. The topological polar surface area (TPSA) is 66.1 Å². The summed E-state index contributed by atoms with van der Waals surface area (Å²) in [4.78, 5) is 9.43. The summed E-state index contributed by atoms with van der Waals surface area (Å²) in [5, 5.41) is 3.14. The van der Waals surface area contributed by atoms with E-state index >= 15 is 0 Å². The van der Waals surface area contributed by atoms with E-state index in [1.54, 1.807) is 0 Å². The molecule has 1 aliphatic heterocycles. The van der Waals surface area contributed by atoms with Gasteiger partial charge in [0, 0.05) is 45.0 Å². The maximum absolute atomic E-state index is 6.03. The highest BCUT2D eigenvalue weighted by Crippen LogP contribution is 2.16. The lowest BCUT2D eigenvalue weighted by Crippen LogP contribution is -2.46. The van der Waals surface area contributed by atoms with Crippen LogP contribution in [0.25, 0.3) is 0 Å². The Morgan fingerprint density at radius 1 is 1.00 bits per heavy atom. The monoisotopic (exact) mass is 523 g/mol. The summed E-state index contributed by atoms with van der Waals surface area (Å²) < 4.78 is 5.65. The van der Waals surface area contributed by atoms with Crippen molar-refractivity contribution in [3.63, 3.8) is 0 Å². The summed E-state index contributed by atoms with van der Waals surface area (Å²) in [6, 6.07) is 18.4. The molecule has 0 radical (unpaired) electrons. The van der Waals surface area contributed by atoms with Crippen LogP contribution in [-0.4, -0.2) is 61.1 Å². The van der Waals surface area contributed by atoms with Gasteiger partial charge in [0.25, 0.3) is 0 Å². The van der Waals surface area contributed by atoms with Gasteiger partial charge in [-0.15, -0.1) is 24.0 Å². The zero-order chi connectivity index (χ0) is 20.5. The summed E-state index contributed by atoms with van der Waals surface area (Å²) in [5.74, 6) is 1.30. The summed E-state index contributed by atoms with van der Waals surface area (Å²) in [7, 11) is 0. The van der Waals surface area contributed by atoms with Gasteiger partial charge in [-0.05, 0) is 43.7 Å². The molecule has 7 heteroatoms. The third-order valence-corrected chi connectivity index (χ3v) is 4.91. The van der Waals surface area contributed by atoms with Gasteiger partial charge in [0.1, 0.15) is 5.75 Å². The van der Waals surface area contributed by atoms with Gasteiger partial charge in [-0.3, -0.25) is 14.8 Å². The van der Waals surface area contributed by atoms with Crippen molar-refractivity contribution in [1.29, 1.82) is 0 Å². The Kier molecular flexibility index (Phi) is 10.4. The first-order valence-electron chi connectivity index (χ1n) is 10.4. The average Bonchev–Trinajstić information content (AvgIpc) is 2.71. The predicted molar refractivity (Wildman–Crippen MR) is 136 cm³/mol. The van der Waals surface area contributed by atoms with Crippen molar-refractivity contribution in [2.75, 3.05) is 44.6 Å². The van der Waals surface area contributed by atoms with Gasteiger partial charge in [0.15, 0.2) is 5.96 Å². The van der Waals surface area contributed by atoms with Crippen LogP contribution in [0.15, 0.2) is 59.6 Å². The van der Waals surface area contributed by atoms with Gasteiger partial charge in [-0.1, -0.05) is 30.3 Å². The Bertz CT molecular complexity index is 759. The molecule has 2 aromatic rings. The lowest BCUT2D eigenvalue weighted by Gasteiger charge is -2.34. The minimum atomic E-state index is 0. The van der Waals surface area contributed by atoms with Crippen molar-refractivity contribution in [1.82, 2.24) is 9.80 Å². The second-order valence-electron chi connectivity index (χ2n) is 7.69. The molecular weight excluding hydrogens is 489 g/mol. The number of benzene rings is 2. The number of nitrogens with two attached hydrogens (primary N) is 1. The molecule has 0 saturated carbocycles. The fourth-order valence-corrected chi connectivity index (χ4v) is 3.40. The molecule has 0 spiro atoms. The molecule has 1 aliphatic rings. The standard InChI is InChI=1S/C23H33N5O.HI/c1-19(2)29-22-10-8-21(9-11-22)26-23(24)25-12-13-27-14-16-28(17-15-27)18-20-6-4-3-5-7-20;/h3-11,19H,12-18H2,1-2H3,(H3,24,25,26);1H. The Hall–Kier alpha value is -1.84. The van der Waals surface area contributed by atoms with E-state index in [0.717, 1.165) is 50.7 Å². The van der Waals surface area contributed by atoms with E-state index < -0.39 is 0 Å². The molecule has 0 unspecified atom stereocenters. The van der Waals surface area contributed by atoms with Crippen LogP contribution in [0.2, 0.25) is 0 Å². The fraction of sp³-hybridized carbons (Fsp3) is 0.435. The van der Waals surface area contributed by atoms with Crippen LogP contribution >= 0.6 is 24.0 Å². The van der Waals surface area contributed by atoms with Crippen molar-refractivity contribution in [2.45, 2.75) is 26.5 Å². The summed E-state index contributed by atoms with van der Waals surface area (Å²) in [6.45, 7) is 11.0. The number of nitrogens with one attached hydrogen (secondary N) is 1. The number of guanidine groups is 1. The van der Waals surface area contributed by atoms with Gasteiger partial charge >= 0.3 is 0 Å². The molecule has 30 heavy (non-hydrogen) atoms. The quantitative estimate of drug-likeness (QED) is 0.314. The van der Waals surface area contributed by atoms with Crippen molar-refractivity contribution in [3.8, 4) is 5.75 Å². The number of ether oxygens (including phenoxy) is 1. The van der Waals surface area contributed by atoms with E-state index in [-0.39, 0.29) is 30.1 Å². The molecule has 0 aromatic heterocycles. The van der Waals surface area contributed by atoms with Crippen LogP contribution in [0.3, 0.4) is 0 Å². The highest BCUT2D eigenvalue weighted by atomic mass is 127. The SMILES string of the molecule is CC(C)Oc1ccc(NC(N)=NCCN2CCN(Cc3ccccc3)CC2)cc1.I. The van der Waals surface area contributed by atoms with Crippen LogP contribution in [0, 0.1) is 0 Å². The van der Waals surface area contributed by atoms with E-state index in [2.05, 4.69) is 50.4 Å². The van der Waals surface area contributed by atoms with E-state index in [1.807, 2.05) is 38.1 Å². The maximum atomic E-state index is 6.03. The van der Waals surface area contributed by atoms with Crippen molar-refractivity contribution < 1.29 is 4.74 Å². The summed E-state index contributed by atoms with van der Waals surface area (Å²) >= 11 is 0. The van der Waals surface area contributed by atoms with Crippen LogP contribution in [-0.2, 0) is 6.54 Å². The lowest BCUT2D eigenvalue weighted by atomic mass is 10.2. The van der Waals surface area contributed by atoms with Crippen LogP contribution in [0.5, 0.6) is 5.75 Å². The minimum absolute atomic E-state index is 0. The number of hydrogen-bond donors (Lipinski definition) is 2. The molecule has 1 fully saturated rings. The molecule has 164 valence electrons. The predicted octanol–water partition coefficient (Wildman–Crippen LogP) is 3.64. The van der Waals surface area contributed by atoms with E-state index in [1.165, 1.54) is 5.56 Å². The molecule has 3 rings (SSSR count). The molecule has 0 amide bonds. The highest BCUT2D eigenvalue weighted by molar-refractivity contribution is 14.0. The van der Waals surface area contributed by atoms with Gasteiger partial charge in [0.05, 0.1) is 12.6 Å². The van der Waals surface area contributed by atoms with Crippen LogP contribution in [0.1, 0.15) is 19.4 Å². The molecule has 1 heterocycles. The minimum Gasteiger partial charge on any atom is -0.491 e. The number of rotatable bonds is 8. The molecule has 0 bridgehead atoms.